The standard InChI is InChI=1S/C24H21BrN4O5/c25-17-7-5-16(6-8-17)21-10-9-18(34-21)15-26-28-23(31)22(30)27-20-4-2-1-3-19(20)24(32)29-11-13-33-14-12-29/h1-10,15H,11-14H2,(H,27,30)(H,28,31)/b26-15-. The molecule has 0 atom stereocenters. The Morgan fingerprint density at radius 3 is 2.44 bits per heavy atom. The summed E-state index contributed by atoms with van der Waals surface area (Å²) in [6.07, 6.45) is 1.30. The molecule has 2 heterocycles. The Morgan fingerprint density at radius 2 is 1.68 bits per heavy atom. The highest BCUT2D eigenvalue weighted by molar-refractivity contribution is 9.10. The average molecular weight is 525 g/mol. The second kappa shape index (κ2) is 10.9. The normalized spacial score (nSPS) is 13.6. The van der Waals surface area contributed by atoms with Gasteiger partial charge in [0.15, 0.2) is 0 Å². The monoisotopic (exact) mass is 524 g/mol. The maximum absolute atomic E-state index is 12.8. The van der Waals surface area contributed by atoms with Crippen molar-refractivity contribution in [1.82, 2.24) is 10.3 Å². The van der Waals surface area contributed by atoms with Crippen LogP contribution in [0.1, 0.15) is 16.1 Å². The first-order valence-electron chi connectivity index (χ1n) is 10.5. The fraction of sp³-hybridized carbons (Fsp3) is 0.167. The number of morpholine rings is 1. The van der Waals surface area contributed by atoms with Crippen LogP contribution in [-0.4, -0.2) is 55.1 Å². The first-order chi connectivity index (χ1) is 16.5. The molecule has 4 rings (SSSR count). The lowest BCUT2D eigenvalue weighted by Gasteiger charge is -2.27. The lowest BCUT2D eigenvalue weighted by atomic mass is 10.1. The van der Waals surface area contributed by atoms with Crippen molar-refractivity contribution in [3.63, 3.8) is 0 Å². The molecule has 1 fully saturated rings. The molecule has 0 spiro atoms. The predicted octanol–water partition coefficient (Wildman–Crippen LogP) is 3.27. The van der Waals surface area contributed by atoms with Crippen LogP contribution in [0.25, 0.3) is 11.3 Å². The van der Waals surface area contributed by atoms with E-state index in [0.29, 0.717) is 43.4 Å². The number of nitrogens with zero attached hydrogens (tertiary/aromatic N) is 2. The van der Waals surface area contributed by atoms with Crippen molar-refractivity contribution in [2.24, 2.45) is 5.10 Å². The van der Waals surface area contributed by atoms with E-state index in [1.807, 2.05) is 24.3 Å². The summed E-state index contributed by atoms with van der Waals surface area (Å²) >= 11 is 3.38. The van der Waals surface area contributed by atoms with Crippen LogP contribution in [-0.2, 0) is 14.3 Å². The maximum atomic E-state index is 12.8. The van der Waals surface area contributed by atoms with E-state index in [0.717, 1.165) is 10.0 Å². The van der Waals surface area contributed by atoms with Crippen molar-refractivity contribution in [3.05, 3.63) is 76.5 Å². The molecule has 3 amide bonds. The molecule has 0 bridgehead atoms. The third-order valence-electron chi connectivity index (χ3n) is 5.02. The van der Waals surface area contributed by atoms with Crippen LogP contribution in [0, 0.1) is 0 Å². The Bertz CT molecular complexity index is 1220. The molecule has 1 aliphatic heterocycles. The number of hydrogen-bond donors (Lipinski definition) is 2. The Labute approximate surface area is 203 Å². The largest absolute Gasteiger partial charge is 0.455 e. The molecular weight excluding hydrogens is 504 g/mol. The van der Waals surface area contributed by atoms with Crippen molar-refractivity contribution < 1.29 is 23.5 Å². The zero-order valence-electron chi connectivity index (χ0n) is 18.0. The number of ether oxygens (including phenoxy) is 1. The molecule has 10 heteroatoms. The summed E-state index contributed by atoms with van der Waals surface area (Å²) in [5, 5.41) is 6.26. The molecule has 9 nitrogen and oxygen atoms in total. The van der Waals surface area contributed by atoms with Gasteiger partial charge in [0.1, 0.15) is 11.5 Å². The highest BCUT2D eigenvalue weighted by Crippen LogP contribution is 2.23. The second-order valence-electron chi connectivity index (χ2n) is 7.31. The third-order valence-corrected chi connectivity index (χ3v) is 5.55. The number of carbonyl (C=O) groups excluding carboxylic acids is 3. The van der Waals surface area contributed by atoms with Crippen molar-refractivity contribution >= 4 is 45.6 Å². The quantitative estimate of drug-likeness (QED) is 0.302. The molecule has 1 saturated heterocycles. The van der Waals surface area contributed by atoms with Crippen molar-refractivity contribution in [3.8, 4) is 11.3 Å². The lowest BCUT2D eigenvalue weighted by Crippen LogP contribution is -2.41. The number of rotatable bonds is 5. The van der Waals surface area contributed by atoms with Crippen LogP contribution in [0.15, 0.2) is 74.7 Å². The van der Waals surface area contributed by atoms with Gasteiger partial charge < -0.3 is 19.4 Å². The molecule has 2 aromatic carbocycles. The zero-order chi connectivity index (χ0) is 23.9. The highest BCUT2D eigenvalue weighted by atomic mass is 79.9. The number of carbonyl (C=O) groups is 3. The Kier molecular flexibility index (Phi) is 7.51. The van der Waals surface area contributed by atoms with Gasteiger partial charge in [0.05, 0.1) is 30.7 Å². The van der Waals surface area contributed by atoms with Crippen LogP contribution in [0.2, 0.25) is 0 Å². The first kappa shape index (κ1) is 23.4. The van der Waals surface area contributed by atoms with Gasteiger partial charge in [-0.1, -0.05) is 40.2 Å². The molecule has 0 radical (unpaired) electrons. The summed E-state index contributed by atoms with van der Waals surface area (Å²) in [5.74, 6) is -1.13. The topological polar surface area (TPSA) is 113 Å². The molecule has 1 aromatic heterocycles. The molecule has 0 unspecified atom stereocenters. The molecule has 3 aromatic rings. The minimum atomic E-state index is -0.982. The van der Waals surface area contributed by atoms with E-state index in [4.69, 9.17) is 9.15 Å². The summed E-state index contributed by atoms with van der Waals surface area (Å²) in [5.41, 5.74) is 3.59. The van der Waals surface area contributed by atoms with E-state index in [1.54, 1.807) is 41.3 Å². The number of furan rings is 1. The molecule has 0 aliphatic carbocycles. The van der Waals surface area contributed by atoms with Crippen LogP contribution in [0.4, 0.5) is 5.69 Å². The Morgan fingerprint density at radius 1 is 0.941 bits per heavy atom. The molecule has 174 valence electrons. The van der Waals surface area contributed by atoms with Crippen LogP contribution in [0.5, 0.6) is 0 Å². The van der Waals surface area contributed by atoms with Gasteiger partial charge >= 0.3 is 11.8 Å². The van der Waals surface area contributed by atoms with E-state index >= 15 is 0 Å². The zero-order valence-corrected chi connectivity index (χ0v) is 19.6. The Hall–Kier alpha value is -3.76. The molecule has 0 saturated carbocycles. The summed E-state index contributed by atoms with van der Waals surface area (Å²) in [6.45, 7) is 1.85. The smallest absolute Gasteiger partial charge is 0.329 e. The van der Waals surface area contributed by atoms with Gasteiger partial charge in [0.2, 0.25) is 0 Å². The van der Waals surface area contributed by atoms with Gasteiger partial charge in [0, 0.05) is 23.1 Å². The summed E-state index contributed by atoms with van der Waals surface area (Å²) < 4.78 is 11.9. The molecule has 34 heavy (non-hydrogen) atoms. The summed E-state index contributed by atoms with van der Waals surface area (Å²) in [6, 6.07) is 17.6. The minimum absolute atomic E-state index is 0.239. The van der Waals surface area contributed by atoms with Gasteiger partial charge in [-0.25, -0.2) is 5.43 Å². The maximum Gasteiger partial charge on any atom is 0.329 e. The van der Waals surface area contributed by atoms with Gasteiger partial charge in [-0.05, 0) is 36.4 Å². The fourth-order valence-corrected chi connectivity index (χ4v) is 3.56. The number of amides is 3. The lowest BCUT2D eigenvalue weighted by molar-refractivity contribution is -0.136. The van der Waals surface area contributed by atoms with E-state index in [2.05, 4.69) is 31.8 Å². The van der Waals surface area contributed by atoms with Crippen molar-refractivity contribution in [1.29, 1.82) is 0 Å². The highest BCUT2D eigenvalue weighted by Gasteiger charge is 2.22. The van der Waals surface area contributed by atoms with Gasteiger partial charge in [-0.15, -0.1) is 0 Å². The number of halogens is 1. The Balaban J connectivity index is 1.35. The van der Waals surface area contributed by atoms with Crippen LogP contribution in [0.3, 0.4) is 0 Å². The first-order valence-corrected chi connectivity index (χ1v) is 11.3. The molecular formula is C24H21BrN4O5. The van der Waals surface area contributed by atoms with Gasteiger partial charge in [-0.3, -0.25) is 14.4 Å². The van der Waals surface area contributed by atoms with E-state index in [9.17, 15) is 14.4 Å². The minimum Gasteiger partial charge on any atom is -0.455 e. The number of anilines is 1. The van der Waals surface area contributed by atoms with E-state index in [-0.39, 0.29) is 11.6 Å². The van der Waals surface area contributed by atoms with Crippen molar-refractivity contribution in [2.45, 2.75) is 0 Å². The number of para-hydroxylation sites is 1. The number of hydrazone groups is 1. The summed E-state index contributed by atoms with van der Waals surface area (Å²) in [7, 11) is 0. The number of hydrogen-bond acceptors (Lipinski definition) is 6. The van der Waals surface area contributed by atoms with E-state index in [1.165, 1.54) is 6.21 Å². The second-order valence-corrected chi connectivity index (χ2v) is 8.23. The summed E-state index contributed by atoms with van der Waals surface area (Å²) in [4.78, 5) is 39.0. The molecule has 1 aliphatic rings. The predicted molar refractivity (Wildman–Crippen MR) is 129 cm³/mol. The average Bonchev–Trinajstić information content (AvgIpc) is 3.33. The van der Waals surface area contributed by atoms with Gasteiger partial charge in [0.25, 0.3) is 5.91 Å². The third kappa shape index (κ3) is 5.77. The van der Waals surface area contributed by atoms with Crippen LogP contribution < -0.4 is 10.7 Å². The van der Waals surface area contributed by atoms with E-state index < -0.39 is 11.8 Å². The number of nitrogens with one attached hydrogen (secondary N) is 2. The SMILES string of the molecule is O=C(N/N=C\c1ccc(-c2ccc(Br)cc2)o1)C(=O)Nc1ccccc1C(=O)N1CCOCC1. The van der Waals surface area contributed by atoms with Crippen LogP contribution >= 0.6 is 15.9 Å². The van der Waals surface area contributed by atoms with Gasteiger partial charge in [-0.2, -0.15) is 5.10 Å². The molecule has 2 N–H and O–H groups in total. The number of benzene rings is 2. The van der Waals surface area contributed by atoms with Crippen molar-refractivity contribution in [2.75, 3.05) is 31.6 Å². The fourth-order valence-electron chi connectivity index (χ4n) is 3.29.